The molecule has 0 heterocycles. The molecule has 0 aliphatic rings. The van der Waals surface area contributed by atoms with Gasteiger partial charge in [-0.1, -0.05) is 0 Å². The number of rotatable bonds is 0. The summed E-state index contributed by atoms with van der Waals surface area (Å²) < 4.78 is 0. The van der Waals surface area contributed by atoms with Crippen molar-refractivity contribution >= 4 is 27.1 Å². The Labute approximate surface area is 219 Å². The Hall–Kier alpha value is 4.85. The minimum atomic E-state index is -5.61. The molecule has 0 aliphatic heterocycles. The molecule has 0 aromatic carbocycles. The fourth-order valence-electron chi connectivity index (χ4n) is 0. The van der Waals surface area contributed by atoms with E-state index in [1.54, 1.807) is 0 Å². The summed E-state index contributed by atoms with van der Waals surface area (Å²) in [5, 5.41) is 0. The van der Waals surface area contributed by atoms with Crippen molar-refractivity contribution in [3.8, 4) is 0 Å². The third-order valence-electron chi connectivity index (χ3n) is 0. The summed E-state index contributed by atoms with van der Waals surface area (Å²) >= 11 is 0. The Bertz CT molecular complexity index is 104. The van der Waals surface area contributed by atoms with Crippen LogP contribution in [0.2, 0.25) is 0 Å². The molecule has 0 bridgehead atoms. The summed E-state index contributed by atoms with van der Waals surface area (Å²) in [4.78, 5) is 103. The van der Waals surface area contributed by atoms with Crippen molar-refractivity contribution < 1.29 is 197 Å². The Morgan fingerprint density at radius 1 is 0.316 bits per heavy atom. The Morgan fingerprint density at radius 2 is 0.316 bits per heavy atom. The third-order valence-corrected chi connectivity index (χ3v) is 0. The molecular weight excluding hydrogens is 804 g/mol. The second kappa shape index (κ2) is 20.9. The van der Waals surface area contributed by atoms with Crippen LogP contribution >= 0.6 is 0 Å². The monoisotopic (exact) mass is 804 g/mol. The molecule has 0 aromatic heterocycles. The summed E-state index contributed by atoms with van der Waals surface area (Å²) in [5.41, 5.74) is 0. The fraction of sp³-hybridized carbons (Fsp3) is 0. The molecule has 0 fully saturated rings. The van der Waals surface area contributed by atoms with Crippen LogP contribution in [-0.2, 0) is 65.4 Å². The van der Waals surface area contributed by atoms with Gasteiger partial charge in [-0.15, -0.1) is 0 Å². The van der Waals surface area contributed by atoms with E-state index in [0.717, 1.165) is 0 Å². The first kappa shape index (κ1) is 43.9. The molecule has 120 valence electrons. The quantitative estimate of drug-likeness (QED) is 0.207. The molecule has 0 radical (unpaired) electrons. The molecule has 0 aliphatic carbocycles. The van der Waals surface area contributed by atoms with Crippen LogP contribution in [0.5, 0.6) is 0 Å². The van der Waals surface area contributed by atoms with E-state index in [-0.39, 0.29) is 139 Å². The van der Waals surface area contributed by atoms with Crippen LogP contribution < -0.4 is 57.5 Å². The molecule has 0 rings (SSSR count). The number of hydrogen-bond acceptors (Lipinski definition) is 12. The standard InChI is InChI=1S/2Lu.3O4Si.2Y/c;;3*1-5(2,3)4;;/q2*+3;3*-4;2*+3. The van der Waals surface area contributed by atoms with Gasteiger partial charge in [-0.25, -0.2) is 0 Å². The van der Waals surface area contributed by atoms with Crippen molar-refractivity contribution in [2.24, 2.45) is 0 Å². The molecule has 0 saturated heterocycles. The SMILES string of the molecule is [Lu+3].[Lu+3].[O-][Si]([O-])([O-])[O-].[O-][Si]([O-])([O-])[O-].[O-][Si]([O-])([O-])[O-].[Y+3].[Y+3]. The summed E-state index contributed by atoms with van der Waals surface area (Å²) in [6.45, 7) is 0. The zero-order chi connectivity index (χ0) is 13.5. The summed E-state index contributed by atoms with van der Waals surface area (Å²) in [7, 11) is -16.8. The fourth-order valence-corrected chi connectivity index (χ4v) is 0. The zero-order valence-corrected chi connectivity index (χ0v) is 20.1. The van der Waals surface area contributed by atoms with Crippen molar-refractivity contribution in [2.75, 3.05) is 0 Å². The first-order valence-corrected chi connectivity index (χ1v) is 7.35. The topological polar surface area (TPSA) is 277 Å². The summed E-state index contributed by atoms with van der Waals surface area (Å²) in [5.74, 6) is 0. The van der Waals surface area contributed by atoms with Crippen molar-refractivity contribution in [3.63, 3.8) is 0 Å². The van der Waals surface area contributed by atoms with Crippen molar-refractivity contribution in [2.45, 2.75) is 0 Å². The van der Waals surface area contributed by atoms with E-state index in [4.69, 9.17) is 57.5 Å². The molecule has 0 unspecified atom stereocenters. The largest absolute Gasteiger partial charge is 3.00 e. The third kappa shape index (κ3) is 423. The minimum Gasteiger partial charge on any atom is -0.894 e. The molecule has 19 heteroatoms. The van der Waals surface area contributed by atoms with E-state index in [0.29, 0.717) is 0 Å². The predicted octanol–water partition coefficient (Wildman–Crippen LogP) is -15.4. The summed E-state index contributed by atoms with van der Waals surface area (Å²) in [6, 6.07) is 0. The van der Waals surface area contributed by atoms with Gasteiger partial charge in [0.1, 0.15) is 0 Å². The Kier molecular flexibility index (Phi) is 48.2. The molecule has 19 heavy (non-hydrogen) atoms. The second-order valence-electron chi connectivity index (χ2n) is 1.50. The normalized spacial score (nSPS) is 9.47. The number of hydrogen-bond donors (Lipinski definition) is 0. The molecule has 0 atom stereocenters. The van der Waals surface area contributed by atoms with E-state index < -0.39 is 27.1 Å². The zero-order valence-electron chi connectivity index (χ0n) is 8.07. The van der Waals surface area contributed by atoms with E-state index in [1.165, 1.54) is 0 Å². The minimum absolute atomic E-state index is 0. The van der Waals surface area contributed by atoms with Crippen LogP contribution in [0.4, 0.5) is 0 Å². The molecule has 12 nitrogen and oxygen atoms in total. The average Bonchev–Trinajstić information content (AvgIpc) is 1.41. The van der Waals surface area contributed by atoms with Crippen LogP contribution in [-0.4, -0.2) is 27.1 Å². The molecule has 0 N–H and O–H groups in total. The Balaban J connectivity index is -0.0000000206. The molecule has 0 amide bonds. The molecule has 0 spiro atoms. The van der Waals surface area contributed by atoms with Crippen LogP contribution in [0.25, 0.3) is 0 Å². The van der Waals surface area contributed by atoms with Gasteiger partial charge in [0.25, 0.3) is 0 Å². The van der Waals surface area contributed by atoms with Gasteiger partial charge in [0, 0.05) is 0 Å². The second-order valence-corrected chi connectivity index (χ2v) is 4.50. The maximum atomic E-state index is 8.58. The van der Waals surface area contributed by atoms with Gasteiger partial charge >= 0.3 is 139 Å². The van der Waals surface area contributed by atoms with Crippen LogP contribution in [0.1, 0.15) is 0 Å². The van der Waals surface area contributed by atoms with Crippen LogP contribution in [0, 0.1) is 73.7 Å². The maximum Gasteiger partial charge on any atom is 3.00 e. The van der Waals surface area contributed by atoms with Gasteiger partial charge in [0.2, 0.25) is 0 Å². The van der Waals surface area contributed by atoms with E-state index in [9.17, 15) is 0 Å². The molecular formula is Lu2O12Si3Y2. The Morgan fingerprint density at radius 3 is 0.316 bits per heavy atom. The maximum absolute atomic E-state index is 8.58. The average molecular weight is 804 g/mol. The van der Waals surface area contributed by atoms with Gasteiger partial charge in [-0.2, -0.15) is 0 Å². The van der Waals surface area contributed by atoms with Crippen molar-refractivity contribution in [1.29, 1.82) is 0 Å². The van der Waals surface area contributed by atoms with E-state index in [1.807, 2.05) is 0 Å². The van der Waals surface area contributed by atoms with Gasteiger partial charge in [-0.05, 0) is 0 Å². The van der Waals surface area contributed by atoms with E-state index in [2.05, 4.69) is 0 Å². The van der Waals surface area contributed by atoms with Gasteiger partial charge in [0.05, 0.1) is 0 Å². The van der Waals surface area contributed by atoms with Crippen LogP contribution in [0.15, 0.2) is 0 Å². The summed E-state index contributed by atoms with van der Waals surface area (Å²) in [6.07, 6.45) is 0. The van der Waals surface area contributed by atoms with Crippen LogP contribution in [0.3, 0.4) is 0 Å². The predicted molar refractivity (Wildman–Crippen MR) is 17.3 cm³/mol. The van der Waals surface area contributed by atoms with Crippen molar-refractivity contribution in [1.82, 2.24) is 0 Å². The smallest absolute Gasteiger partial charge is 0.894 e. The molecule has 0 saturated carbocycles. The van der Waals surface area contributed by atoms with Gasteiger partial charge < -0.3 is 84.7 Å². The molecule has 0 aromatic rings. The van der Waals surface area contributed by atoms with Gasteiger partial charge in [-0.3, -0.25) is 0 Å². The first-order valence-electron chi connectivity index (χ1n) is 2.45. The van der Waals surface area contributed by atoms with E-state index >= 15 is 0 Å². The van der Waals surface area contributed by atoms with Gasteiger partial charge in [0.15, 0.2) is 0 Å². The first-order chi connectivity index (χ1) is 6.00. The van der Waals surface area contributed by atoms with Crippen molar-refractivity contribution in [3.05, 3.63) is 0 Å².